The monoisotopic (exact) mass is 552 g/mol. The molecule has 1 amide bonds. The molecular formula is C32H35F3N2O3. The van der Waals surface area contributed by atoms with Crippen molar-refractivity contribution in [1.29, 1.82) is 0 Å². The lowest BCUT2D eigenvalue weighted by Crippen LogP contribution is -2.27. The van der Waals surface area contributed by atoms with Crippen LogP contribution in [0.2, 0.25) is 0 Å². The molecule has 8 heteroatoms. The SMILES string of the molecule is CCC(CC(=O)O)c1cccc(NC(=O)[C@@H](c2ccc(-c3cncc(CC(F)(F)F)c3)cc2)C2CCCC2)c1C. The molecule has 1 fully saturated rings. The van der Waals surface area contributed by atoms with Gasteiger partial charge in [0, 0.05) is 23.6 Å². The summed E-state index contributed by atoms with van der Waals surface area (Å²) in [7, 11) is 0. The Balaban J connectivity index is 1.59. The molecule has 1 aromatic heterocycles. The van der Waals surface area contributed by atoms with Crippen molar-refractivity contribution in [3.63, 3.8) is 0 Å². The third-order valence-electron chi connectivity index (χ3n) is 7.94. The molecule has 4 rings (SSSR count). The van der Waals surface area contributed by atoms with Gasteiger partial charge in [0.2, 0.25) is 5.91 Å². The van der Waals surface area contributed by atoms with E-state index < -0.39 is 18.6 Å². The lowest BCUT2D eigenvalue weighted by atomic mass is 9.83. The van der Waals surface area contributed by atoms with E-state index in [1.165, 1.54) is 12.3 Å². The van der Waals surface area contributed by atoms with Gasteiger partial charge in [-0.2, -0.15) is 13.2 Å². The average Bonchev–Trinajstić information content (AvgIpc) is 3.43. The van der Waals surface area contributed by atoms with E-state index in [1.54, 1.807) is 6.20 Å². The zero-order chi connectivity index (χ0) is 28.9. The molecule has 1 aliphatic rings. The molecule has 0 spiro atoms. The molecule has 0 radical (unpaired) electrons. The van der Waals surface area contributed by atoms with E-state index in [0.29, 0.717) is 17.7 Å². The second kappa shape index (κ2) is 12.7. The molecule has 2 N–H and O–H groups in total. The molecule has 3 aromatic rings. The van der Waals surface area contributed by atoms with Gasteiger partial charge in [0.1, 0.15) is 0 Å². The summed E-state index contributed by atoms with van der Waals surface area (Å²) in [4.78, 5) is 29.2. The predicted octanol–water partition coefficient (Wildman–Crippen LogP) is 8.04. The molecule has 1 aliphatic carbocycles. The Hall–Kier alpha value is -3.68. The van der Waals surface area contributed by atoms with E-state index in [-0.39, 0.29) is 35.6 Å². The van der Waals surface area contributed by atoms with Crippen LogP contribution in [0.3, 0.4) is 0 Å². The first-order valence-corrected chi connectivity index (χ1v) is 13.8. The number of carbonyl (C=O) groups is 2. The van der Waals surface area contributed by atoms with Crippen LogP contribution in [0.25, 0.3) is 11.1 Å². The van der Waals surface area contributed by atoms with Crippen LogP contribution >= 0.6 is 0 Å². The van der Waals surface area contributed by atoms with Gasteiger partial charge in [-0.3, -0.25) is 14.6 Å². The van der Waals surface area contributed by atoms with Crippen molar-refractivity contribution in [2.45, 2.75) is 76.8 Å². The molecule has 2 aromatic carbocycles. The number of hydrogen-bond donors (Lipinski definition) is 2. The highest BCUT2D eigenvalue weighted by atomic mass is 19.4. The fraction of sp³-hybridized carbons (Fsp3) is 0.406. The van der Waals surface area contributed by atoms with Crippen molar-refractivity contribution in [2.24, 2.45) is 5.92 Å². The number of anilines is 1. The lowest BCUT2D eigenvalue weighted by Gasteiger charge is -2.25. The zero-order valence-corrected chi connectivity index (χ0v) is 22.8. The van der Waals surface area contributed by atoms with Crippen LogP contribution < -0.4 is 5.32 Å². The number of benzene rings is 2. The summed E-state index contributed by atoms with van der Waals surface area (Å²) in [6.45, 7) is 3.87. The molecule has 0 aliphatic heterocycles. The third kappa shape index (κ3) is 7.29. The van der Waals surface area contributed by atoms with E-state index >= 15 is 0 Å². The maximum atomic E-state index is 13.8. The number of rotatable bonds is 10. The zero-order valence-electron chi connectivity index (χ0n) is 22.8. The first kappa shape index (κ1) is 29.3. The minimum atomic E-state index is -4.31. The summed E-state index contributed by atoms with van der Waals surface area (Å²) in [6, 6.07) is 14.6. The van der Waals surface area contributed by atoms with Crippen molar-refractivity contribution in [2.75, 3.05) is 5.32 Å². The van der Waals surface area contributed by atoms with Gasteiger partial charge >= 0.3 is 12.1 Å². The van der Waals surface area contributed by atoms with Crippen molar-refractivity contribution in [3.8, 4) is 11.1 Å². The van der Waals surface area contributed by atoms with Gasteiger partial charge in [0.05, 0.1) is 18.8 Å². The van der Waals surface area contributed by atoms with E-state index in [9.17, 15) is 27.9 Å². The van der Waals surface area contributed by atoms with Crippen LogP contribution in [0.1, 0.15) is 79.5 Å². The van der Waals surface area contributed by atoms with Crippen LogP contribution in [0, 0.1) is 12.8 Å². The molecule has 1 saturated carbocycles. The molecule has 2 atom stereocenters. The number of carboxylic acids is 1. The summed E-state index contributed by atoms with van der Waals surface area (Å²) in [6.07, 6.45) is 2.14. The Morgan fingerprint density at radius 2 is 1.75 bits per heavy atom. The van der Waals surface area contributed by atoms with Crippen molar-refractivity contribution in [1.82, 2.24) is 4.98 Å². The Morgan fingerprint density at radius 1 is 1.05 bits per heavy atom. The van der Waals surface area contributed by atoms with Crippen molar-refractivity contribution < 1.29 is 27.9 Å². The highest BCUT2D eigenvalue weighted by Crippen LogP contribution is 2.39. The second-order valence-electron chi connectivity index (χ2n) is 10.7. The molecule has 5 nitrogen and oxygen atoms in total. The average molecular weight is 553 g/mol. The number of nitrogens with one attached hydrogen (secondary N) is 1. The highest BCUT2D eigenvalue weighted by Gasteiger charge is 2.33. The predicted molar refractivity (Wildman–Crippen MR) is 149 cm³/mol. The van der Waals surface area contributed by atoms with Crippen LogP contribution in [0.5, 0.6) is 0 Å². The summed E-state index contributed by atoms with van der Waals surface area (Å²) < 4.78 is 38.6. The number of carbonyl (C=O) groups excluding carboxylic acids is 1. The quantitative estimate of drug-likeness (QED) is 0.267. The molecule has 212 valence electrons. The molecule has 1 unspecified atom stereocenters. The molecule has 1 heterocycles. The standard InChI is InChI=1S/C32H35F3N2O3/c1-3-22(16-29(38)39)27-9-6-10-28(20(27)2)37-31(40)30(24-7-4-5-8-24)25-13-11-23(12-14-25)26-15-21(18-36-19-26)17-32(33,34)35/h6,9-15,18-19,22,24,30H,3-5,7-8,16-17H2,1-2H3,(H,37,40)(H,38,39)/t22?,30-/m1/s1. The van der Waals surface area contributed by atoms with Gasteiger partial charge < -0.3 is 10.4 Å². The largest absolute Gasteiger partial charge is 0.481 e. The minimum Gasteiger partial charge on any atom is -0.481 e. The van der Waals surface area contributed by atoms with E-state index in [4.69, 9.17) is 0 Å². The maximum absolute atomic E-state index is 13.8. The van der Waals surface area contributed by atoms with Gasteiger partial charge in [-0.25, -0.2) is 0 Å². The van der Waals surface area contributed by atoms with E-state index in [0.717, 1.165) is 47.9 Å². The number of nitrogens with zero attached hydrogens (tertiary/aromatic N) is 1. The summed E-state index contributed by atoms with van der Waals surface area (Å²) in [5.74, 6) is -1.30. The van der Waals surface area contributed by atoms with Crippen LogP contribution in [-0.4, -0.2) is 28.1 Å². The topological polar surface area (TPSA) is 79.3 Å². The second-order valence-corrected chi connectivity index (χ2v) is 10.7. The maximum Gasteiger partial charge on any atom is 0.393 e. The van der Waals surface area contributed by atoms with E-state index in [2.05, 4.69) is 10.3 Å². The smallest absolute Gasteiger partial charge is 0.393 e. The Kier molecular flexibility index (Phi) is 9.28. The normalized spacial score (nSPS) is 15.5. The van der Waals surface area contributed by atoms with Gasteiger partial charge in [-0.1, -0.05) is 56.2 Å². The fourth-order valence-electron chi connectivity index (χ4n) is 5.91. The number of halogens is 3. The van der Waals surface area contributed by atoms with Crippen LogP contribution in [0.15, 0.2) is 60.9 Å². The first-order valence-electron chi connectivity index (χ1n) is 13.8. The third-order valence-corrected chi connectivity index (χ3v) is 7.94. The number of carboxylic acid groups (broad SMARTS) is 1. The highest BCUT2D eigenvalue weighted by molar-refractivity contribution is 5.97. The summed E-state index contributed by atoms with van der Waals surface area (Å²) in [5, 5.41) is 12.5. The van der Waals surface area contributed by atoms with Crippen molar-refractivity contribution >= 4 is 17.6 Å². The number of pyridine rings is 1. The minimum absolute atomic E-state index is 0.0282. The molecule has 0 saturated heterocycles. The van der Waals surface area contributed by atoms with Gasteiger partial charge in [-0.15, -0.1) is 0 Å². The Bertz CT molecular complexity index is 1330. The fourth-order valence-corrected chi connectivity index (χ4v) is 5.91. The molecule has 0 bridgehead atoms. The number of amides is 1. The van der Waals surface area contributed by atoms with Gasteiger partial charge in [0.15, 0.2) is 0 Å². The number of aliphatic carboxylic acids is 1. The van der Waals surface area contributed by atoms with Crippen molar-refractivity contribution in [3.05, 3.63) is 83.2 Å². The van der Waals surface area contributed by atoms with Crippen LogP contribution in [-0.2, 0) is 16.0 Å². The molecule has 40 heavy (non-hydrogen) atoms. The summed E-state index contributed by atoms with van der Waals surface area (Å²) >= 11 is 0. The number of hydrogen-bond acceptors (Lipinski definition) is 3. The lowest BCUT2D eigenvalue weighted by molar-refractivity contribution is -0.137. The van der Waals surface area contributed by atoms with E-state index in [1.807, 2.05) is 56.3 Å². The number of alkyl halides is 3. The summed E-state index contributed by atoms with van der Waals surface area (Å²) in [5.41, 5.74) is 4.76. The first-order chi connectivity index (χ1) is 19.1. The van der Waals surface area contributed by atoms with Gasteiger partial charge in [0.25, 0.3) is 0 Å². The molecular weight excluding hydrogens is 517 g/mol. The Labute approximate surface area is 232 Å². The Morgan fingerprint density at radius 3 is 2.38 bits per heavy atom. The van der Waals surface area contributed by atoms with Crippen LogP contribution in [0.4, 0.5) is 18.9 Å². The number of aromatic nitrogens is 1. The van der Waals surface area contributed by atoms with Gasteiger partial charge in [-0.05, 0) is 78.0 Å².